The smallest absolute Gasteiger partial charge is 0.375 e. The van der Waals surface area contributed by atoms with Crippen molar-refractivity contribution in [2.75, 3.05) is 0 Å². The zero-order chi connectivity index (χ0) is 21.2. The van der Waals surface area contributed by atoms with Gasteiger partial charge in [-0.2, -0.15) is 21.6 Å². The average Bonchev–Trinajstić information content (AvgIpc) is 2.49. The van der Waals surface area contributed by atoms with Crippen molar-refractivity contribution in [1.82, 2.24) is 0 Å². The first-order valence-corrected chi connectivity index (χ1v) is 13.9. The van der Waals surface area contributed by atoms with Gasteiger partial charge in [0.25, 0.3) is 0 Å². The van der Waals surface area contributed by atoms with Crippen molar-refractivity contribution in [2.45, 2.75) is 32.1 Å². The van der Waals surface area contributed by atoms with E-state index >= 15 is 0 Å². The molecule has 0 bridgehead atoms. The Hall–Kier alpha value is -1.02. The van der Waals surface area contributed by atoms with E-state index < -0.39 is 29.4 Å². The van der Waals surface area contributed by atoms with Gasteiger partial charge in [0.15, 0.2) is 5.75 Å². The lowest BCUT2D eigenvalue weighted by Crippen LogP contribution is -2.28. The summed E-state index contributed by atoms with van der Waals surface area (Å²) in [7, 11) is -6.80. The van der Waals surface area contributed by atoms with E-state index in [1.807, 2.05) is 0 Å². The lowest BCUT2D eigenvalue weighted by molar-refractivity contribution is -0.0500. The third-order valence-corrected chi connectivity index (χ3v) is 6.39. The molecule has 0 N–H and O–H groups in total. The Bertz CT molecular complexity index is 992. The summed E-state index contributed by atoms with van der Waals surface area (Å²) in [6, 6.07) is 6.21. The molecule has 0 saturated carbocycles. The van der Waals surface area contributed by atoms with E-state index in [4.69, 9.17) is 6.42 Å². The maximum absolute atomic E-state index is 12.3. The molecule has 0 saturated heterocycles. The molecule has 0 aliphatic rings. The number of benzene rings is 2. The number of alkyl halides is 3. The molecule has 2 aromatic rings. The highest BCUT2D eigenvalue weighted by Gasteiger charge is 2.48. The first-order chi connectivity index (χ1) is 12.1. The van der Waals surface area contributed by atoms with Crippen LogP contribution in [0, 0.1) is 18.9 Å². The molecule has 10 heteroatoms. The van der Waals surface area contributed by atoms with Crippen molar-refractivity contribution < 1.29 is 25.8 Å². The molecule has 0 aliphatic heterocycles. The fraction of sp³-hybridized carbons (Fsp3) is 0.294. The Morgan fingerprint density at radius 2 is 1.48 bits per heavy atom. The third kappa shape index (κ3) is 6.82. The highest BCUT2D eigenvalue weighted by molar-refractivity contribution is 9.10. The lowest BCUT2D eigenvalue weighted by atomic mass is 10.1. The van der Waals surface area contributed by atoms with E-state index in [9.17, 15) is 21.6 Å². The van der Waals surface area contributed by atoms with Crippen molar-refractivity contribution >= 4 is 60.8 Å². The molecule has 0 aliphatic carbocycles. The number of terminal acetylenes is 1. The van der Waals surface area contributed by atoms with Crippen LogP contribution in [0.4, 0.5) is 13.2 Å². The molecule has 0 unspecified atom stereocenters. The molecule has 3 nitrogen and oxygen atoms in total. The molecule has 0 fully saturated rings. The van der Waals surface area contributed by atoms with E-state index in [1.54, 1.807) is 19.1 Å². The summed E-state index contributed by atoms with van der Waals surface area (Å²) < 4.78 is 64.3. The summed E-state index contributed by atoms with van der Waals surface area (Å²) in [6.07, 6.45) is 5.12. The van der Waals surface area contributed by atoms with Crippen LogP contribution >= 0.6 is 31.9 Å². The molecule has 0 spiro atoms. The summed E-state index contributed by atoms with van der Waals surface area (Å²) >= 11 is 6.35. The molecular weight excluding hydrogens is 529 g/mol. The van der Waals surface area contributed by atoms with Crippen molar-refractivity contribution in [3.63, 3.8) is 0 Å². The second kappa shape index (κ2) is 8.55. The Kier molecular flexibility index (Phi) is 7.61. The van der Waals surface area contributed by atoms with Crippen LogP contribution in [0.15, 0.2) is 33.2 Å². The standard InChI is InChI=1S/C12H7Br2F3O3S.C5H10Si/c1-6-2-7-5-11(20-21(18,19)12(15,16)17)10(14)4-8(7)3-9(6)13;1-5-6(2,3)4/h2-5H,1H3;1H,2-4H3. The summed E-state index contributed by atoms with van der Waals surface area (Å²) in [5, 5.41) is 1.28. The van der Waals surface area contributed by atoms with Crippen LogP contribution in [0.2, 0.25) is 19.6 Å². The van der Waals surface area contributed by atoms with Crippen LogP contribution in [-0.2, 0) is 10.1 Å². The van der Waals surface area contributed by atoms with Gasteiger partial charge in [-0.05, 0) is 57.4 Å². The lowest BCUT2D eigenvalue weighted by Gasteiger charge is -2.12. The van der Waals surface area contributed by atoms with E-state index in [-0.39, 0.29) is 4.47 Å². The van der Waals surface area contributed by atoms with E-state index in [0.29, 0.717) is 5.39 Å². The van der Waals surface area contributed by atoms with Gasteiger partial charge in [-0.1, -0.05) is 41.6 Å². The van der Waals surface area contributed by atoms with Gasteiger partial charge in [-0.15, -0.1) is 12.0 Å². The normalized spacial score (nSPS) is 12.1. The van der Waals surface area contributed by atoms with Crippen LogP contribution in [0.25, 0.3) is 10.8 Å². The zero-order valence-electron chi connectivity index (χ0n) is 14.9. The number of halogens is 5. The highest BCUT2D eigenvalue weighted by atomic mass is 79.9. The van der Waals surface area contributed by atoms with Gasteiger partial charge in [-0.25, -0.2) is 0 Å². The number of hydrogen-bond donors (Lipinski definition) is 0. The van der Waals surface area contributed by atoms with Crippen molar-refractivity contribution in [3.8, 4) is 17.7 Å². The van der Waals surface area contributed by atoms with E-state index in [2.05, 4.69) is 61.2 Å². The number of aryl methyl sites for hydroxylation is 1. The Balaban J connectivity index is 0.000000527. The number of fused-ring (bicyclic) bond motifs is 1. The van der Waals surface area contributed by atoms with Gasteiger partial charge in [0, 0.05) is 4.47 Å². The zero-order valence-corrected chi connectivity index (χ0v) is 19.9. The molecular formula is C17H17Br2F3O3SSi. The van der Waals surface area contributed by atoms with Crippen LogP contribution in [0.1, 0.15) is 5.56 Å². The number of rotatable bonds is 2. The maximum atomic E-state index is 12.3. The van der Waals surface area contributed by atoms with Crippen molar-refractivity contribution in [1.29, 1.82) is 0 Å². The molecule has 148 valence electrons. The Morgan fingerprint density at radius 1 is 1.04 bits per heavy atom. The van der Waals surface area contributed by atoms with Crippen LogP contribution in [-0.4, -0.2) is 22.0 Å². The van der Waals surface area contributed by atoms with Gasteiger partial charge in [0.2, 0.25) is 0 Å². The minimum atomic E-state index is -5.70. The minimum absolute atomic E-state index is 0.110. The van der Waals surface area contributed by atoms with Crippen LogP contribution in [0.3, 0.4) is 0 Å². The molecule has 27 heavy (non-hydrogen) atoms. The predicted octanol–water partition coefficient (Wildman–Crippen LogP) is 6.40. The summed E-state index contributed by atoms with van der Waals surface area (Å²) in [5.74, 6) is -0.415. The summed E-state index contributed by atoms with van der Waals surface area (Å²) in [5.41, 5.74) is -1.88. The average molecular weight is 546 g/mol. The molecule has 0 heterocycles. The molecule has 0 aromatic heterocycles. The first-order valence-electron chi connectivity index (χ1n) is 7.45. The summed E-state index contributed by atoms with van der Waals surface area (Å²) in [4.78, 5) is 0. The molecule has 0 radical (unpaired) electrons. The quantitative estimate of drug-likeness (QED) is 0.190. The molecule has 2 aromatic carbocycles. The van der Waals surface area contributed by atoms with E-state index in [1.165, 1.54) is 12.1 Å². The van der Waals surface area contributed by atoms with Gasteiger partial charge < -0.3 is 4.18 Å². The fourth-order valence-corrected chi connectivity index (χ4v) is 3.00. The van der Waals surface area contributed by atoms with Gasteiger partial charge >= 0.3 is 15.6 Å². The molecule has 0 atom stereocenters. The Morgan fingerprint density at radius 3 is 1.93 bits per heavy atom. The maximum Gasteiger partial charge on any atom is 0.534 e. The molecule has 2 rings (SSSR count). The minimum Gasteiger partial charge on any atom is -0.375 e. The Labute approximate surface area is 174 Å². The first kappa shape index (κ1) is 24.0. The SMILES string of the molecule is C#C[Si](C)(C)C.Cc1cc2cc(OS(=O)(=O)C(F)(F)F)c(Br)cc2cc1Br. The van der Waals surface area contributed by atoms with Crippen LogP contribution < -0.4 is 4.18 Å². The van der Waals surface area contributed by atoms with Gasteiger partial charge in [0.1, 0.15) is 8.07 Å². The van der Waals surface area contributed by atoms with Gasteiger partial charge in [0.05, 0.1) is 4.47 Å². The van der Waals surface area contributed by atoms with Crippen molar-refractivity contribution in [3.05, 3.63) is 38.8 Å². The fourth-order valence-electron chi connectivity index (χ4n) is 1.62. The second-order valence-electron chi connectivity index (χ2n) is 6.61. The topological polar surface area (TPSA) is 43.4 Å². The third-order valence-electron chi connectivity index (χ3n) is 3.08. The molecule has 0 amide bonds. The van der Waals surface area contributed by atoms with E-state index in [0.717, 1.165) is 15.4 Å². The highest BCUT2D eigenvalue weighted by Crippen LogP contribution is 2.36. The predicted molar refractivity (Wildman–Crippen MR) is 112 cm³/mol. The second-order valence-corrected chi connectivity index (χ2v) is 14.6. The van der Waals surface area contributed by atoms with Crippen molar-refractivity contribution in [2.24, 2.45) is 0 Å². The van der Waals surface area contributed by atoms with Gasteiger partial charge in [-0.3, -0.25) is 0 Å². The monoisotopic (exact) mass is 544 g/mol. The number of hydrogen-bond acceptors (Lipinski definition) is 3. The largest absolute Gasteiger partial charge is 0.534 e. The summed E-state index contributed by atoms with van der Waals surface area (Å²) in [6.45, 7) is 8.24. The van der Waals surface area contributed by atoms with Crippen LogP contribution in [0.5, 0.6) is 5.75 Å².